The Hall–Kier alpha value is -3.64. The highest BCUT2D eigenvalue weighted by atomic mass is 32.2. The summed E-state index contributed by atoms with van der Waals surface area (Å²) in [5, 5.41) is 11.9. The third-order valence-electron chi connectivity index (χ3n) is 7.71. The van der Waals surface area contributed by atoms with Crippen LogP contribution in [0.2, 0.25) is 0 Å². The highest BCUT2D eigenvalue weighted by Crippen LogP contribution is 2.40. The van der Waals surface area contributed by atoms with E-state index < -0.39 is 10.0 Å². The van der Waals surface area contributed by atoms with Gasteiger partial charge < -0.3 is 5.32 Å². The number of hydrogen-bond donors (Lipinski definition) is 1. The van der Waals surface area contributed by atoms with Gasteiger partial charge in [-0.15, -0.1) is 0 Å². The van der Waals surface area contributed by atoms with E-state index in [0.29, 0.717) is 54.7 Å². The number of rotatable bonds is 7. The smallest absolute Gasteiger partial charge is 0.262 e. The Labute approximate surface area is 219 Å². The van der Waals surface area contributed by atoms with Crippen LogP contribution in [0.3, 0.4) is 0 Å². The third kappa shape index (κ3) is 4.27. The molecule has 0 bridgehead atoms. The summed E-state index contributed by atoms with van der Waals surface area (Å²) in [6.45, 7) is 0.973. The van der Waals surface area contributed by atoms with Gasteiger partial charge in [0.2, 0.25) is 10.0 Å². The number of piperidine rings is 1. The number of hydrogen-bond acceptors (Lipinski definition) is 7. The molecule has 3 fully saturated rings. The molecule has 11 nitrogen and oxygen atoms in total. The van der Waals surface area contributed by atoms with E-state index in [9.17, 15) is 13.2 Å². The van der Waals surface area contributed by atoms with E-state index in [1.54, 1.807) is 32.0 Å². The number of carbonyl (C=O) groups excluding carboxylic acids is 1. The second-order valence-electron chi connectivity index (χ2n) is 10.4. The van der Waals surface area contributed by atoms with E-state index in [0.717, 1.165) is 18.5 Å². The molecule has 5 heterocycles. The fraction of sp³-hybridized carbons (Fsp3) is 0.423. The summed E-state index contributed by atoms with van der Waals surface area (Å²) in [4.78, 5) is 22.2. The number of sulfonamides is 1. The molecule has 3 aliphatic rings. The molecular weight excluding hydrogens is 504 g/mol. The molecule has 0 spiro atoms. The highest BCUT2D eigenvalue weighted by molar-refractivity contribution is 7.90. The molecule has 1 amide bonds. The number of fused-ring (bicyclic) bond motifs is 1. The van der Waals surface area contributed by atoms with E-state index in [-0.39, 0.29) is 17.1 Å². The zero-order valence-corrected chi connectivity index (χ0v) is 21.6. The number of nitrogens with one attached hydrogen (secondary N) is 1. The molecule has 2 aliphatic carbocycles. The Bertz CT molecular complexity index is 1610. The molecule has 1 aliphatic heterocycles. The van der Waals surface area contributed by atoms with Gasteiger partial charge in [0.05, 0.1) is 17.1 Å². The first-order valence-electron chi connectivity index (χ1n) is 13.1. The zero-order valence-electron chi connectivity index (χ0n) is 20.8. The maximum atomic E-state index is 13.3. The van der Waals surface area contributed by atoms with Crippen LogP contribution in [-0.2, 0) is 10.0 Å². The van der Waals surface area contributed by atoms with Crippen LogP contribution in [0.5, 0.6) is 0 Å². The van der Waals surface area contributed by atoms with Crippen molar-refractivity contribution >= 4 is 27.4 Å². The van der Waals surface area contributed by atoms with Gasteiger partial charge in [-0.2, -0.15) is 14.9 Å². The van der Waals surface area contributed by atoms with E-state index in [4.69, 9.17) is 5.10 Å². The first kappa shape index (κ1) is 23.5. The lowest BCUT2D eigenvalue weighted by atomic mass is 9.95. The molecular formula is C26H28N8O3S. The quantitative estimate of drug-likeness (QED) is 0.387. The fourth-order valence-electron chi connectivity index (χ4n) is 5.20. The van der Waals surface area contributed by atoms with Crippen molar-refractivity contribution in [3.05, 3.63) is 65.9 Å². The lowest BCUT2D eigenvalue weighted by Gasteiger charge is -2.30. The molecule has 196 valence electrons. The Balaban J connectivity index is 1.17. The summed E-state index contributed by atoms with van der Waals surface area (Å²) >= 11 is 0. The standard InChI is InChI=1S/C26H28N8O3S/c35-26(21-16-29-33-11-1-10-27-25(21)33)30-24-14-22(18-8-12-32(13-9-18)38(36,37)20-5-6-20)31-34(24)23-7-4-19(15-28-23)17-2-3-17/h1,4,7,10-11,14-18,20H,2-3,5-6,8-9,12-13H2,(H,30,35). The van der Waals surface area contributed by atoms with E-state index in [1.807, 2.05) is 18.3 Å². The van der Waals surface area contributed by atoms with E-state index in [1.165, 1.54) is 24.6 Å². The van der Waals surface area contributed by atoms with Crippen molar-refractivity contribution in [2.24, 2.45) is 0 Å². The SMILES string of the molecule is O=C(Nc1cc(C2CCN(S(=O)(=O)C3CC3)CC2)nn1-c1ccc(C2CC2)cn1)c1cnn2cccnc12. The highest BCUT2D eigenvalue weighted by Gasteiger charge is 2.41. The van der Waals surface area contributed by atoms with Gasteiger partial charge in [-0.3, -0.25) is 4.79 Å². The monoisotopic (exact) mass is 532 g/mol. The van der Waals surface area contributed by atoms with Gasteiger partial charge in [-0.05, 0) is 62.1 Å². The molecule has 38 heavy (non-hydrogen) atoms. The molecule has 1 N–H and O–H groups in total. The topological polar surface area (TPSA) is 127 Å². The first-order chi connectivity index (χ1) is 18.5. The van der Waals surface area contributed by atoms with E-state index >= 15 is 0 Å². The van der Waals surface area contributed by atoms with Gasteiger partial charge in [-0.25, -0.2) is 27.2 Å². The molecule has 0 atom stereocenters. The lowest BCUT2D eigenvalue weighted by Crippen LogP contribution is -2.39. The summed E-state index contributed by atoms with van der Waals surface area (Å²) in [5.74, 6) is 1.44. The summed E-state index contributed by atoms with van der Waals surface area (Å²) < 4.78 is 30.2. The van der Waals surface area contributed by atoms with Crippen molar-refractivity contribution in [2.75, 3.05) is 18.4 Å². The molecule has 0 aromatic carbocycles. The van der Waals surface area contributed by atoms with Crippen molar-refractivity contribution in [2.45, 2.75) is 55.6 Å². The summed E-state index contributed by atoms with van der Waals surface area (Å²) in [7, 11) is -3.18. The molecule has 0 radical (unpaired) electrons. The first-order valence-corrected chi connectivity index (χ1v) is 14.6. The van der Waals surface area contributed by atoms with Gasteiger partial charge in [0.15, 0.2) is 11.5 Å². The van der Waals surface area contributed by atoms with Crippen LogP contribution in [0.25, 0.3) is 11.5 Å². The van der Waals surface area contributed by atoms with Crippen LogP contribution in [-0.4, -0.2) is 66.3 Å². The molecule has 12 heteroatoms. The summed E-state index contributed by atoms with van der Waals surface area (Å²) in [6.07, 6.45) is 12.0. The van der Waals surface area contributed by atoms with Crippen LogP contribution >= 0.6 is 0 Å². The Morgan fingerprint density at radius 1 is 0.974 bits per heavy atom. The van der Waals surface area contributed by atoms with Crippen molar-refractivity contribution < 1.29 is 13.2 Å². The summed E-state index contributed by atoms with van der Waals surface area (Å²) in [6, 6.07) is 7.63. The average molecular weight is 533 g/mol. The fourth-order valence-corrected chi connectivity index (χ4v) is 7.07. The normalized spacial score (nSPS) is 19.2. The van der Waals surface area contributed by atoms with Gasteiger partial charge in [0.1, 0.15) is 11.4 Å². The molecule has 0 unspecified atom stereocenters. The number of anilines is 1. The maximum absolute atomic E-state index is 13.3. The second-order valence-corrected chi connectivity index (χ2v) is 12.6. The number of pyridine rings is 1. The molecule has 4 aromatic heterocycles. The van der Waals surface area contributed by atoms with Crippen LogP contribution in [0.4, 0.5) is 5.82 Å². The van der Waals surface area contributed by atoms with E-state index in [2.05, 4.69) is 26.4 Å². The van der Waals surface area contributed by atoms with Crippen molar-refractivity contribution in [3.8, 4) is 5.82 Å². The Kier molecular flexibility index (Phi) is 5.55. The number of nitrogens with zero attached hydrogens (tertiary/aromatic N) is 7. The molecule has 7 rings (SSSR count). The molecule has 1 saturated heterocycles. The predicted octanol–water partition coefficient (Wildman–Crippen LogP) is 3.11. The van der Waals surface area contributed by atoms with Crippen LogP contribution in [0.15, 0.2) is 49.1 Å². The second kappa shape index (κ2) is 8.98. The number of amides is 1. The maximum Gasteiger partial charge on any atom is 0.262 e. The number of carbonyl (C=O) groups is 1. The lowest BCUT2D eigenvalue weighted by molar-refractivity contribution is 0.102. The van der Waals surface area contributed by atoms with Gasteiger partial charge in [0.25, 0.3) is 5.91 Å². The largest absolute Gasteiger partial charge is 0.306 e. The molecule has 4 aromatic rings. The molecule has 2 saturated carbocycles. The summed E-state index contributed by atoms with van der Waals surface area (Å²) in [5.41, 5.74) is 2.85. The zero-order chi connectivity index (χ0) is 25.9. The minimum Gasteiger partial charge on any atom is -0.306 e. The van der Waals surface area contributed by atoms with Crippen LogP contribution in [0.1, 0.15) is 72.0 Å². The van der Waals surface area contributed by atoms with Crippen molar-refractivity contribution in [1.82, 2.24) is 33.7 Å². The van der Waals surface area contributed by atoms with Gasteiger partial charge in [-0.1, -0.05) is 6.07 Å². The van der Waals surface area contributed by atoms with Gasteiger partial charge in [0, 0.05) is 43.7 Å². The van der Waals surface area contributed by atoms with Crippen molar-refractivity contribution in [1.29, 1.82) is 0 Å². The number of aromatic nitrogens is 6. The predicted molar refractivity (Wildman–Crippen MR) is 140 cm³/mol. The minimum absolute atomic E-state index is 0.0851. The van der Waals surface area contributed by atoms with Crippen LogP contribution < -0.4 is 5.32 Å². The van der Waals surface area contributed by atoms with Crippen LogP contribution in [0, 0.1) is 0 Å². The third-order valence-corrected chi connectivity index (χ3v) is 10.1. The van der Waals surface area contributed by atoms with Crippen molar-refractivity contribution in [3.63, 3.8) is 0 Å². The average Bonchev–Trinajstić information content (AvgIpc) is 3.88. The van der Waals surface area contributed by atoms with Gasteiger partial charge >= 0.3 is 0 Å². The Morgan fingerprint density at radius 2 is 1.79 bits per heavy atom. The minimum atomic E-state index is -3.18. The Morgan fingerprint density at radius 3 is 2.50 bits per heavy atom.